The van der Waals surface area contributed by atoms with Crippen LogP contribution in [0.15, 0.2) is 5.11 Å². The SMILES string of the molecule is CC(=O)N[C@H]1[C@H]([C@H](O)[C@H](O)CO)O[C@](O)(CN=[N+]=[N-])C[C@@H]1O. The topological polar surface area (TPSA) is 188 Å². The minimum atomic E-state index is -2.07. The fraction of sp³-hybridized carbons (Fsp3) is 0.909. The molecule has 0 aliphatic carbocycles. The maximum absolute atomic E-state index is 11.2. The first-order valence-corrected chi connectivity index (χ1v) is 6.57. The zero-order valence-corrected chi connectivity index (χ0v) is 11.9. The first-order chi connectivity index (χ1) is 10.2. The number of hydrogen-bond acceptors (Lipinski definition) is 8. The minimum absolute atomic E-state index is 0.380. The van der Waals surface area contributed by atoms with Gasteiger partial charge in [0.15, 0.2) is 5.79 Å². The van der Waals surface area contributed by atoms with E-state index in [2.05, 4.69) is 15.3 Å². The van der Waals surface area contributed by atoms with E-state index in [-0.39, 0.29) is 6.42 Å². The molecule has 1 amide bonds. The molecule has 1 aliphatic heterocycles. The summed E-state index contributed by atoms with van der Waals surface area (Å²) in [5.41, 5.74) is 8.30. The van der Waals surface area contributed by atoms with Gasteiger partial charge in [-0.1, -0.05) is 5.11 Å². The molecule has 22 heavy (non-hydrogen) atoms. The van der Waals surface area contributed by atoms with Crippen molar-refractivity contribution in [1.82, 2.24) is 5.32 Å². The van der Waals surface area contributed by atoms with Gasteiger partial charge in [0.05, 0.1) is 25.3 Å². The lowest BCUT2D eigenvalue weighted by Crippen LogP contribution is -2.66. The second-order valence-electron chi connectivity index (χ2n) is 5.16. The molecule has 0 saturated carbocycles. The Morgan fingerprint density at radius 1 is 1.59 bits per heavy atom. The number of amides is 1. The summed E-state index contributed by atoms with van der Waals surface area (Å²) < 4.78 is 5.24. The maximum Gasteiger partial charge on any atom is 0.217 e. The monoisotopic (exact) mass is 320 g/mol. The summed E-state index contributed by atoms with van der Waals surface area (Å²) in [6, 6.07) is -1.12. The third-order valence-corrected chi connectivity index (χ3v) is 3.32. The van der Waals surface area contributed by atoms with Gasteiger partial charge >= 0.3 is 0 Å². The van der Waals surface area contributed by atoms with Gasteiger partial charge < -0.3 is 35.6 Å². The Balaban J connectivity index is 3.03. The van der Waals surface area contributed by atoms with Crippen molar-refractivity contribution in [2.45, 2.75) is 49.6 Å². The number of carbonyl (C=O) groups is 1. The molecular formula is C11H20N4O7. The highest BCUT2D eigenvalue weighted by atomic mass is 16.6. The Labute approximate surface area is 125 Å². The number of azide groups is 1. The molecule has 0 aromatic carbocycles. The van der Waals surface area contributed by atoms with Crippen molar-refractivity contribution in [3.63, 3.8) is 0 Å². The highest BCUT2D eigenvalue weighted by Gasteiger charge is 2.49. The highest BCUT2D eigenvalue weighted by molar-refractivity contribution is 5.73. The van der Waals surface area contributed by atoms with Crippen LogP contribution in [-0.2, 0) is 9.53 Å². The predicted molar refractivity (Wildman–Crippen MR) is 71.2 cm³/mol. The number of nitrogens with one attached hydrogen (secondary N) is 1. The molecule has 1 aliphatic rings. The fourth-order valence-corrected chi connectivity index (χ4v) is 2.31. The molecule has 1 rings (SSSR count). The van der Waals surface area contributed by atoms with Crippen molar-refractivity contribution in [3.8, 4) is 0 Å². The number of ether oxygens (including phenoxy) is 1. The highest BCUT2D eigenvalue weighted by Crippen LogP contribution is 2.30. The van der Waals surface area contributed by atoms with Crippen LogP contribution < -0.4 is 5.32 Å². The van der Waals surface area contributed by atoms with Gasteiger partial charge in [0, 0.05) is 18.3 Å². The van der Waals surface area contributed by atoms with Crippen LogP contribution in [0.1, 0.15) is 13.3 Å². The van der Waals surface area contributed by atoms with E-state index in [1.165, 1.54) is 6.92 Å². The van der Waals surface area contributed by atoms with Gasteiger partial charge in [0.1, 0.15) is 18.3 Å². The fourth-order valence-electron chi connectivity index (χ4n) is 2.31. The second kappa shape index (κ2) is 7.70. The number of nitrogens with zero attached hydrogens (tertiary/aromatic N) is 3. The van der Waals surface area contributed by atoms with E-state index in [1.807, 2.05) is 0 Å². The molecule has 1 heterocycles. The van der Waals surface area contributed by atoms with E-state index < -0.39 is 55.3 Å². The summed E-state index contributed by atoms with van der Waals surface area (Å²) in [4.78, 5) is 13.7. The van der Waals surface area contributed by atoms with Crippen molar-refractivity contribution in [3.05, 3.63) is 10.4 Å². The van der Waals surface area contributed by atoms with E-state index in [0.717, 1.165) is 0 Å². The first-order valence-electron chi connectivity index (χ1n) is 6.57. The summed E-state index contributed by atoms with van der Waals surface area (Å²) in [5, 5.41) is 54.2. The number of hydrogen-bond donors (Lipinski definition) is 6. The standard InChI is InChI=1S/C11H20N4O7/c1-5(17)14-8-6(18)2-11(21,4-13-15-12)22-10(8)9(20)7(19)3-16/h6-10,16,18-21H,2-4H2,1H3,(H,14,17)/t6-,7+,8+,9+,10+,11-/m0/s1. The number of aliphatic hydroxyl groups excluding tert-OH is 4. The van der Waals surface area contributed by atoms with Crippen LogP contribution >= 0.6 is 0 Å². The molecule has 1 fully saturated rings. The smallest absolute Gasteiger partial charge is 0.217 e. The maximum atomic E-state index is 11.2. The van der Waals surface area contributed by atoms with Gasteiger partial charge in [-0.05, 0) is 5.53 Å². The summed E-state index contributed by atoms with van der Waals surface area (Å²) in [6.07, 6.45) is -6.45. The van der Waals surface area contributed by atoms with Crippen LogP contribution in [0.4, 0.5) is 0 Å². The van der Waals surface area contributed by atoms with Crippen molar-refractivity contribution < 1.29 is 35.1 Å². The largest absolute Gasteiger partial charge is 0.394 e. The molecule has 0 aromatic heterocycles. The molecule has 6 N–H and O–H groups in total. The third kappa shape index (κ3) is 4.52. The lowest BCUT2D eigenvalue weighted by atomic mass is 9.88. The molecular weight excluding hydrogens is 300 g/mol. The molecule has 1 saturated heterocycles. The lowest BCUT2D eigenvalue weighted by molar-refractivity contribution is -0.296. The molecule has 0 unspecified atom stereocenters. The van der Waals surface area contributed by atoms with Crippen LogP contribution in [0.25, 0.3) is 10.4 Å². The molecule has 0 aromatic rings. The van der Waals surface area contributed by atoms with Crippen LogP contribution in [0.5, 0.6) is 0 Å². The molecule has 11 nitrogen and oxygen atoms in total. The van der Waals surface area contributed by atoms with Crippen molar-refractivity contribution >= 4 is 5.91 Å². The number of rotatable bonds is 6. The van der Waals surface area contributed by atoms with Gasteiger partial charge in [-0.25, -0.2) is 0 Å². The molecule has 0 bridgehead atoms. The second-order valence-corrected chi connectivity index (χ2v) is 5.16. The Bertz CT molecular complexity index is 444. The van der Waals surface area contributed by atoms with Crippen LogP contribution in [0, 0.1) is 0 Å². The normalized spacial score (nSPS) is 34.4. The van der Waals surface area contributed by atoms with Gasteiger partial charge in [-0.3, -0.25) is 4.79 Å². The Morgan fingerprint density at radius 3 is 2.73 bits per heavy atom. The number of carbonyl (C=O) groups excluding carboxylic acids is 1. The van der Waals surface area contributed by atoms with Gasteiger partial charge in [-0.15, -0.1) is 0 Å². The molecule has 11 heteroatoms. The Kier molecular flexibility index (Phi) is 6.50. The van der Waals surface area contributed by atoms with E-state index >= 15 is 0 Å². The van der Waals surface area contributed by atoms with Gasteiger partial charge in [-0.2, -0.15) is 0 Å². The Morgan fingerprint density at radius 2 is 2.23 bits per heavy atom. The van der Waals surface area contributed by atoms with Crippen molar-refractivity contribution in [2.24, 2.45) is 5.11 Å². The molecule has 126 valence electrons. The van der Waals surface area contributed by atoms with Gasteiger partial charge in [0.25, 0.3) is 0 Å². The van der Waals surface area contributed by atoms with Crippen molar-refractivity contribution in [1.29, 1.82) is 0 Å². The predicted octanol–water partition coefficient (Wildman–Crippen LogP) is -2.65. The summed E-state index contributed by atoms with van der Waals surface area (Å²) in [7, 11) is 0. The van der Waals surface area contributed by atoms with Crippen LogP contribution in [-0.4, -0.2) is 80.8 Å². The zero-order chi connectivity index (χ0) is 16.9. The summed E-state index contributed by atoms with van der Waals surface area (Å²) >= 11 is 0. The first kappa shape index (κ1) is 18.6. The van der Waals surface area contributed by atoms with E-state index in [0.29, 0.717) is 0 Å². The van der Waals surface area contributed by atoms with Crippen LogP contribution in [0.2, 0.25) is 0 Å². The molecule has 6 atom stereocenters. The lowest BCUT2D eigenvalue weighted by Gasteiger charge is -2.46. The quantitative estimate of drug-likeness (QED) is 0.175. The summed E-state index contributed by atoms with van der Waals surface area (Å²) in [6.45, 7) is -0.149. The van der Waals surface area contributed by atoms with E-state index in [4.69, 9.17) is 15.4 Å². The Hall–Kier alpha value is -1.46. The van der Waals surface area contributed by atoms with E-state index in [1.54, 1.807) is 0 Å². The van der Waals surface area contributed by atoms with Crippen molar-refractivity contribution in [2.75, 3.05) is 13.2 Å². The molecule has 0 radical (unpaired) electrons. The van der Waals surface area contributed by atoms with E-state index in [9.17, 15) is 25.2 Å². The zero-order valence-electron chi connectivity index (χ0n) is 11.9. The average Bonchev–Trinajstić information content (AvgIpc) is 2.46. The average molecular weight is 320 g/mol. The van der Waals surface area contributed by atoms with Gasteiger partial charge in [0.2, 0.25) is 5.91 Å². The van der Waals surface area contributed by atoms with Crippen LogP contribution in [0.3, 0.4) is 0 Å². The third-order valence-electron chi connectivity index (χ3n) is 3.32. The molecule has 0 spiro atoms. The minimum Gasteiger partial charge on any atom is -0.394 e. The summed E-state index contributed by atoms with van der Waals surface area (Å²) in [5.74, 6) is -2.59. The number of aliphatic hydroxyl groups is 5.